The molecule has 148 valence electrons. The molecule has 0 saturated carbocycles. The van der Waals surface area contributed by atoms with E-state index >= 15 is 0 Å². The molecule has 0 aromatic heterocycles. The highest BCUT2D eigenvalue weighted by atomic mass is 127. The van der Waals surface area contributed by atoms with Gasteiger partial charge in [0.1, 0.15) is 12.4 Å². The molecule has 0 bridgehead atoms. The van der Waals surface area contributed by atoms with E-state index in [0.717, 1.165) is 24.7 Å². The average Bonchev–Trinajstić information content (AvgIpc) is 2.69. The molecule has 0 aliphatic carbocycles. The van der Waals surface area contributed by atoms with Crippen LogP contribution in [0.4, 0.5) is 0 Å². The number of rotatable bonds is 9. The minimum atomic E-state index is 0. The van der Waals surface area contributed by atoms with Crippen molar-refractivity contribution < 1.29 is 9.47 Å². The van der Waals surface area contributed by atoms with Gasteiger partial charge in [0.25, 0.3) is 0 Å². The lowest BCUT2D eigenvalue weighted by Gasteiger charge is -2.14. The van der Waals surface area contributed by atoms with Crippen molar-refractivity contribution in [2.24, 2.45) is 4.99 Å². The molecule has 2 N–H and O–H groups in total. The van der Waals surface area contributed by atoms with Gasteiger partial charge in [-0.2, -0.15) is 0 Å². The highest BCUT2D eigenvalue weighted by Gasteiger charge is 2.03. The molecule has 0 saturated heterocycles. The third kappa shape index (κ3) is 8.17. The fourth-order valence-corrected chi connectivity index (χ4v) is 2.61. The molecule has 0 aliphatic heterocycles. The smallest absolute Gasteiger partial charge is 0.191 e. The second kappa shape index (κ2) is 13.4. The van der Waals surface area contributed by atoms with Crippen molar-refractivity contribution >= 4 is 29.9 Å². The van der Waals surface area contributed by atoms with Gasteiger partial charge in [0, 0.05) is 27.2 Å². The van der Waals surface area contributed by atoms with Gasteiger partial charge in [0.15, 0.2) is 5.96 Å². The molecule has 2 rings (SSSR count). The summed E-state index contributed by atoms with van der Waals surface area (Å²) in [7, 11) is 3.45. The summed E-state index contributed by atoms with van der Waals surface area (Å²) in [5, 5.41) is 6.72. The molecule has 0 aliphatic rings. The van der Waals surface area contributed by atoms with Crippen LogP contribution in [0.1, 0.15) is 23.6 Å². The number of aliphatic imine (C=N–C) groups is 1. The molecule has 0 spiro atoms. The molecular formula is C21H30IN3O2. The minimum absolute atomic E-state index is 0. The number of nitrogens with one attached hydrogen (secondary N) is 2. The Bertz CT molecular complexity index is 690. The van der Waals surface area contributed by atoms with Crippen molar-refractivity contribution in [3.05, 3.63) is 65.2 Å². The van der Waals surface area contributed by atoms with Crippen molar-refractivity contribution in [1.29, 1.82) is 0 Å². The predicted molar refractivity (Wildman–Crippen MR) is 122 cm³/mol. The Morgan fingerprint density at radius 2 is 1.59 bits per heavy atom. The number of guanidine groups is 1. The standard InChI is InChI=1S/C21H29N3O2.HI/c1-4-18-7-5-6-8-19(18)16-24-21(22-2)23-15-17-9-11-20(12-10-17)26-14-13-25-3;/h5-12H,4,13-16H2,1-3H3,(H2,22,23,24);1H. The second-order valence-electron chi connectivity index (χ2n) is 5.89. The number of hydrogen-bond acceptors (Lipinski definition) is 3. The number of halogens is 1. The van der Waals surface area contributed by atoms with Crippen molar-refractivity contribution in [2.45, 2.75) is 26.4 Å². The van der Waals surface area contributed by atoms with Crippen LogP contribution in [0.25, 0.3) is 0 Å². The Kier molecular flexibility index (Phi) is 11.5. The van der Waals surface area contributed by atoms with Gasteiger partial charge in [-0.3, -0.25) is 4.99 Å². The fourth-order valence-electron chi connectivity index (χ4n) is 2.61. The Hall–Kier alpha value is -1.80. The van der Waals surface area contributed by atoms with E-state index in [1.165, 1.54) is 16.7 Å². The van der Waals surface area contributed by atoms with Crippen LogP contribution in [0.2, 0.25) is 0 Å². The van der Waals surface area contributed by atoms with E-state index in [0.29, 0.717) is 19.8 Å². The Balaban J connectivity index is 0.00000364. The van der Waals surface area contributed by atoms with E-state index in [9.17, 15) is 0 Å². The van der Waals surface area contributed by atoms with Crippen molar-refractivity contribution in [2.75, 3.05) is 27.4 Å². The van der Waals surface area contributed by atoms with E-state index < -0.39 is 0 Å². The van der Waals surface area contributed by atoms with E-state index in [2.05, 4.69) is 58.9 Å². The van der Waals surface area contributed by atoms with Gasteiger partial charge >= 0.3 is 0 Å². The number of benzene rings is 2. The number of aryl methyl sites for hydroxylation is 1. The van der Waals surface area contributed by atoms with E-state index in [1.807, 2.05) is 12.1 Å². The minimum Gasteiger partial charge on any atom is -0.491 e. The number of hydrogen-bond donors (Lipinski definition) is 2. The van der Waals surface area contributed by atoms with E-state index in [1.54, 1.807) is 14.2 Å². The van der Waals surface area contributed by atoms with Crippen LogP contribution in [0.3, 0.4) is 0 Å². The summed E-state index contributed by atoms with van der Waals surface area (Å²) >= 11 is 0. The van der Waals surface area contributed by atoms with Crippen LogP contribution in [0.15, 0.2) is 53.5 Å². The highest BCUT2D eigenvalue weighted by molar-refractivity contribution is 14.0. The third-order valence-corrected chi connectivity index (χ3v) is 4.11. The summed E-state index contributed by atoms with van der Waals surface area (Å²) in [6, 6.07) is 16.5. The summed E-state index contributed by atoms with van der Waals surface area (Å²) in [5.41, 5.74) is 3.83. The lowest BCUT2D eigenvalue weighted by Crippen LogP contribution is -2.36. The number of methoxy groups -OCH3 is 1. The maximum Gasteiger partial charge on any atom is 0.191 e. The first-order chi connectivity index (χ1) is 12.8. The number of ether oxygens (including phenoxy) is 2. The Morgan fingerprint density at radius 1 is 0.926 bits per heavy atom. The first kappa shape index (κ1) is 23.2. The first-order valence-electron chi connectivity index (χ1n) is 8.98. The first-order valence-corrected chi connectivity index (χ1v) is 8.98. The quantitative estimate of drug-likeness (QED) is 0.247. The Labute approximate surface area is 179 Å². The molecule has 0 unspecified atom stereocenters. The molecule has 0 amide bonds. The molecular weight excluding hydrogens is 453 g/mol. The molecule has 0 fully saturated rings. The zero-order chi connectivity index (χ0) is 18.6. The summed E-state index contributed by atoms with van der Waals surface area (Å²) in [6.07, 6.45) is 1.03. The lowest BCUT2D eigenvalue weighted by molar-refractivity contribution is 0.146. The molecule has 0 atom stereocenters. The normalized spacial score (nSPS) is 10.9. The maximum absolute atomic E-state index is 5.58. The molecule has 27 heavy (non-hydrogen) atoms. The van der Waals surface area contributed by atoms with Crippen molar-refractivity contribution in [1.82, 2.24) is 10.6 Å². The highest BCUT2D eigenvalue weighted by Crippen LogP contribution is 2.12. The summed E-state index contributed by atoms with van der Waals surface area (Å²) in [4.78, 5) is 4.30. The molecule has 0 radical (unpaired) electrons. The molecule has 0 heterocycles. The van der Waals surface area contributed by atoms with Crippen LogP contribution in [-0.2, 0) is 24.2 Å². The molecule has 5 nitrogen and oxygen atoms in total. The van der Waals surface area contributed by atoms with Gasteiger partial charge in [0.2, 0.25) is 0 Å². The SMILES string of the molecule is CCc1ccccc1CNC(=NC)NCc1ccc(OCCOC)cc1.I. The summed E-state index contributed by atoms with van der Waals surface area (Å²) in [6.45, 7) is 4.79. The molecule has 6 heteroatoms. The van der Waals surface area contributed by atoms with Gasteiger partial charge < -0.3 is 20.1 Å². The van der Waals surface area contributed by atoms with Crippen LogP contribution in [0.5, 0.6) is 5.75 Å². The van der Waals surface area contributed by atoms with Crippen molar-refractivity contribution in [3.63, 3.8) is 0 Å². The number of nitrogens with zero attached hydrogens (tertiary/aromatic N) is 1. The predicted octanol–water partition coefficient (Wildman–Crippen LogP) is 3.76. The zero-order valence-electron chi connectivity index (χ0n) is 16.3. The van der Waals surface area contributed by atoms with E-state index in [4.69, 9.17) is 9.47 Å². The van der Waals surface area contributed by atoms with Gasteiger partial charge in [-0.25, -0.2) is 0 Å². The molecule has 2 aromatic rings. The molecule has 2 aromatic carbocycles. The van der Waals surface area contributed by atoms with Crippen molar-refractivity contribution in [3.8, 4) is 5.75 Å². The van der Waals surface area contributed by atoms with Gasteiger partial charge in [0.05, 0.1) is 6.61 Å². The third-order valence-electron chi connectivity index (χ3n) is 4.11. The van der Waals surface area contributed by atoms with Crippen LogP contribution in [0, 0.1) is 0 Å². The second-order valence-corrected chi connectivity index (χ2v) is 5.89. The average molecular weight is 483 g/mol. The fraction of sp³-hybridized carbons (Fsp3) is 0.381. The van der Waals surface area contributed by atoms with Crippen LogP contribution >= 0.6 is 24.0 Å². The van der Waals surface area contributed by atoms with Gasteiger partial charge in [-0.1, -0.05) is 43.3 Å². The lowest BCUT2D eigenvalue weighted by atomic mass is 10.1. The van der Waals surface area contributed by atoms with E-state index in [-0.39, 0.29) is 24.0 Å². The largest absolute Gasteiger partial charge is 0.491 e. The van der Waals surface area contributed by atoms with Gasteiger partial charge in [-0.05, 0) is 35.2 Å². The summed E-state index contributed by atoms with van der Waals surface area (Å²) in [5.74, 6) is 1.64. The van der Waals surface area contributed by atoms with Crippen LogP contribution in [-0.4, -0.2) is 33.3 Å². The zero-order valence-corrected chi connectivity index (χ0v) is 18.7. The maximum atomic E-state index is 5.58. The monoisotopic (exact) mass is 483 g/mol. The Morgan fingerprint density at radius 3 is 2.22 bits per heavy atom. The topological polar surface area (TPSA) is 54.9 Å². The summed E-state index contributed by atoms with van der Waals surface area (Å²) < 4.78 is 10.6. The van der Waals surface area contributed by atoms with Crippen LogP contribution < -0.4 is 15.4 Å². The van der Waals surface area contributed by atoms with Gasteiger partial charge in [-0.15, -0.1) is 24.0 Å².